The predicted molar refractivity (Wildman–Crippen MR) is 141 cm³/mol. The number of nitrogens with one attached hydrogen (secondary N) is 2. The number of benzene rings is 4. The summed E-state index contributed by atoms with van der Waals surface area (Å²) in [6, 6.07) is 28.5. The molecule has 2 amide bonds. The largest absolute Gasteiger partial charge is 0.497 e. The van der Waals surface area contributed by atoms with E-state index in [4.69, 9.17) is 18.9 Å². The van der Waals surface area contributed by atoms with Crippen LogP contribution in [0, 0.1) is 0 Å². The molecule has 0 saturated carbocycles. The minimum Gasteiger partial charge on any atom is -0.497 e. The molecule has 0 aliphatic heterocycles. The molecule has 0 bridgehead atoms. The summed E-state index contributed by atoms with van der Waals surface area (Å²) < 4.78 is 20.7. The van der Waals surface area contributed by atoms with Gasteiger partial charge in [0.25, 0.3) is 0 Å². The summed E-state index contributed by atoms with van der Waals surface area (Å²) in [5.74, 6) is 2.20. The quantitative estimate of drug-likeness (QED) is 0.287. The van der Waals surface area contributed by atoms with Crippen molar-refractivity contribution in [1.29, 1.82) is 0 Å². The van der Waals surface area contributed by atoms with Gasteiger partial charge in [-0.3, -0.25) is 10.6 Å². The molecule has 0 fully saturated rings. The van der Waals surface area contributed by atoms with Crippen LogP contribution in [0.15, 0.2) is 97.1 Å². The lowest BCUT2D eigenvalue weighted by atomic mass is 10.0. The van der Waals surface area contributed by atoms with Crippen molar-refractivity contribution in [2.45, 2.75) is 6.42 Å². The number of methoxy groups -OCH3 is 2. The first-order valence-electron chi connectivity index (χ1n) is 11.4. The third kappa shape index (κ3) is 7.50. The van der Waals surface area contributed by atoms with Crippen molar-refractivity contribution in [3.8, 4) is 23.0 Å². The first kappa shape index (κ1) is 25.1. The van der Waals surface area contributed by atoms with E-state index in [1.165, 1.54) is 0 Å². The topological polar surface area (TPSA) is 95.1 Å². The van der Waals surface area contributed by atoms with Crippen LogP contribution < -0.4 is 29.6 Å². The minimum absolute atomic E-state index is 0.418. The lowest BCUT2D eigenvalue weighted by molar-refractivity contribution is 0.214. The Morgan fingerprint density at radius 1 is 0.514 bits per heavy atom. The molecule has 188 valence electrons. The predicted octanol–water partition coefficient (Wildman–Crippen LogP) is 6.52. The molecule has 8 nitrogen and oxygen atoms in total. The number of rotatable bonds is 8. The summed E-state index contributed by atoms with van der Waals surface area (Å²) in [6.07, 6.45) is -0.467. The standard InChI is InChI=1S/C29H26N2O6/c1-34-24-11-15-26(16-12-24)36-28(32)30-22-7-3-20(4-8-22)19-21-5-9-23(10-6-21)31-29(33)37-27-17-13-25(35-2)14-18-27/h3-18H,19H2,1-2H3,(H,30,32)(H,31,33). The van der Waals surface area contributed by atoms with Crippen molar-refractivity contribution in [3.05, 3.63) is 108 Å². The van der Waals surface area contributed by atoms with E-state index in [9.17, 15) is 9.59 Å². The monoisotopic (exact) mass is 498 g/mol. The lowest BCUT2D eigenvalue weighted by Gasteiger charge is -2.09. The van der Waals surface area contributed by atoms with Crippen LogP contribution in [0.25, 0.3) is 0 Å². The fourth-order valence-electron chi connectivity index (χ4n) is 3.44. The summed E-state index contributed by atoms with van der Waals surface area (Å²) in [6.45, 7) is 0. The molecule has 37 heavy (non-hydrogen) atoms. The summed E-state index contributed by atoms with van der Waals surface area (Å²) in [7, 11) is 3.14. The van der Waals surface area contributed by atoms with Crippen LogP contribution in [0.5, 0.6) is 23.0 Å². The lowest BCUT2D eigenvalue weighted by Crippen LogP contribution is -2.16. The molecule has 0 atom stereocenters. The Balaban J connectivity index is 1.25. The Morgan fingerprint density at radius 2 is 0.838 bits per heavy atom. The second kappa shape index (κ2) is 12.1. The maximum absolute atomic E-state index is 12.1. The zero-order valence-electron chi connectivity index (χ0n) is 20.4. The van der Waals surface area contributed by atoms with Crippen LogP contribution in [0.4, 0.5) is 21.0 Å². The Hall–Kier alpha value is -4.98. The first-order valence-corrected chi connectivity index (χ1v) is 11.4. The zero-order chi connectivity index (χ0) is 26.0. The van der Waals surface area contributed by atoms with Gasteiger partial charge in [-0.25, -0.2) is 9.59 Å². The van der Waals surface area contributed by atoms with Crippen molar-refractivity contribution < 1.29 is 28.5 Å². The number of carbonyl (C=O) groups is 2. The number of ether oxygens (including phenoxy) is 4. The van der Waals surface area contributed by atoms with Crippen LogP contribution in [0.3, 0.4) is 0 Å². The normalized spacial score (nSPS) is 10.2. The maximum atomic E-state index is 12.1. The van der Waals surface area contributed by atoms with Gasteiger partial charge in [0, 0.05) is 11.4 Å². The average Bonchev–Trinajstić information content (AvgIpc) is 2.92. The molecule has 8 heteroatoms. The van der Waals surface area contributed by atoms with Gasteiger partial charge in [0.2, 0.25) is 0 Å². The molecule has 0 heterocycles. The SMILES string of the molecule is COc1ccc(OC(=O)Nc2ccc(Cc3ccc(NC(=O)Oc4ccc(OC)cc4)cc3)cc2)cc1. The highest BCUT2D eigenvalue weighted by atomic mass is 16.6. The highest BCUT2D eigenvalue weighted by molar-refractivity contribution is 5.87. The molecule has 4 rings (SSSR count). The Morgan fingerprint density at radius 3 is 1.16 bits per heavy atom. The van der Waals surface area contributed by atoms with E-state index in [1.807, 2.05) is 48.5 Å². The number of hydrogen-bond donors (Lipinski definition) is 2. The number of anilines is 2. The molecule has 0 saturated heterocycles. The molecule has 4 aromatic rings. The van der Waals surface area contributed by atoms with E-state index < -0.39 is 12.2 Å². The highest BCUT2D eigenvalue weighted by Crippen LogP contribution is 2.20. The summed E-state index contributed by atoms with van der Waals surface area (Å²) in [5, 5.41) is 5.42. The van der Waals surface area contributed by atoms with Crippen molar-refractivity contribution >= 4 is 23.6 Å². The zero-order valence-corrected chi connectivity index (χ0v) is 20.4. The summed E-state index contributed by atoms with van der Waals surface area (Å²) in [5.41, 5.74) is 3.37. The Kier molecular flexibility index (Phi) is 8.23. The van der Waals surface area contributed by atoms with E-state index in [0.29, 0.717) is 40.8 Å². The van der Waals surface area contributed by atoms with Crippen LogP contribution in [0.1, 0.15) is 11.1 Å². The average molecular weight is 499 g/mol. The fraction of sp³-hybridized carbons (Fsp3) is 0.103. The van der Waals surface area contributed by atoms with Gasteiger partial charge < -0.3 is 18.9 Å². The fourth-order valence-corrected chi connectivity index (χ4v) is 3.44. The maximum Gasteiger partial charge on any atom is 0.417 e. The van der Waals surface area contributed by atoms with Crippen molar-refractivity contribution in [3.63, 3.8) is 0 Å². The Bertz CT molecular complexity index is 1210. The van der Waals surface area contributed by atoms with Gasteiger partial charge in [0.05, 0.1) is 14.2 Å². The summed E-state index contributed by atoms with van der Waals surface area (Å²) >= 11 is 0. The molecule has 4 aromatic carbocycles. The van der Waals surface area contributed by atoms with E-state index in [0.717, 1.165) is 11.1 Å². The van der Waals surface area contributed by atoms with Gasteiger partial charge >= 0.3 is 12.2 Å². The van der Waals surface area contributed by atoms with Gasteiger partial charge in [-0.2, -0.15) is 0 Å². The van der Waals surface area contributed by atoms with Crippen LogP contribution in [-0.4, -0.2) is 26.4 Å². The molecular weight excluding hydrogens is 472 g/mol. The highest BCUT2D eigenvalue weighted by Gasteiger charge is 2.08. The molecule has 0 unspecified atom stereocenters. The van der Waals surface area contributed by atoms with Crippen molar-refractivity contribution in [1.82, 2.24) is 0 Å². The summed E-state index contributed by atoms with van der Waals surface area (Å²) in [4.78, 5) is 24.3. The smallest absolute Gasteiger partial charge is 0.417 e. The van der Waals surface area contributed by atoms with Gasteiger partial charge in [-0.1, -0.05) is 24.3 Å². The van der Waals surface area contributed by atoms with Gasteiger partial charge in [-0.05, 0) is 90.3 Å². The minimum atomic E-state index is -0.577. The van der Waals surface area contributed by atoms with E-state index in [2.05, 4.69) is 10.6 Å². The van der Waals surface area contributed by atoms with E-state index >= 15 is 0 Å². The number of hydrogen-bond acceptors (Lipinski definition) is 6. The second-order valence-corrected chi connectivity index (χ2v) is 7.95. The molecule has 0 aromatic heterocycles. The molecule has 0 aliphatic carbocycles. The third-order valence-electron chi connectivity index (χ3n) is 5.35. The van der Waals surface area contributed by atoms with Crippen LogP contribution in [0.2, 0.25) is 0 Å². The second-order valence-electron chi connectivity index (χ2n) is 7.95. The molecular formula is C29H26N2O6. The third-order valence-corrected chi connectivity index (χ3v) is 5.35. The van der Waals surface area contributed by atoms with Crippen LogP contribution in [-0.2, 0) is 6.42 Å². The van der Waals surface area contributed by atoms with Gasteiger partial charge in [0.1, 0.15) is 23.0 Å². The first-order chi connectivity index (χ1) is 18.0. The molecule has 0 spiro atoms. The Labute approximate surface area is 214 Å². The van der Waals surface area contributed by atoms with Gasteiger partial charge in [0.15, 0.2) is 0 Å². The molecule has 2 N–H and O–H groups in total. The van der Waals surface area contributed by atoms with Crippen molar-refractivity contribution in [2.75, 3.05) is 24.9 Å². The van der Waals surface area contributed by atoms with Crippen LogP contribution >= 0.6 is 0 Å². The van der Waals surface area contributed by atoms with Crippen molar-refractivity contribution in [2.24, 2.45) is 0 Å². The number of amides is 2. The number of carbonyl (C=O) groups excluding carboxylic acids is 2. The van der Waals surface area contributed by atoms with E-state index in [1.54, 1.807) is 62.8 Å². The van der Waals surface area contributed by atoms with Gasteiger partial charge in [-0.15, -0.1) is 0 Å². The molecule has 0 radical (unpaired) electrons. The molecule has 0 aliphatic rings. The van der Waals surface area contributed by atoms with E-state index in [-0.39, 0.29) is 0 Å².